The van der Waals surface area contributed by atoms with Crippen molar-refractivity contribution in [2.24, 2.45) is 11.5 Å². The van der Waals surface area contributed by atoms with Gasteiger partial charge in [-0.1, -0.05) is 42.5 Å². The molecule has 0 aliphatic heterocycles. The van der Waals surface area contributed by atoms with E-state index >= 15 is 0 Å². The predicted octanol–water partition coefficient (Wildman–Crippen LogP) is 7.71. The minimum absolute atomic E-state index is 0.0957. The molecule has 0 fully saturated rings. The summed E-state index contributed by atoms with van der Waals surface area (Å²) < 4.78 is 66.5. The number of rotatable bonds is 8. The van der Waals surface area contributed by atoms with Gasteiger partial charge in [0.25, 0.3) is 0 Å². The second kappa shape index (κ2) is 14.9. The van der Waals surface area contributed by atoms with Crippen LogP contribution in [0.3, 0.4) is 0 Å². The first-order valence-electron chi connectivity index (χ1n) is 12.5. The van der Waals surface area contributed by atoms with Gasteiger partial charge in [-0.05, 0) is 78.6 Å². The molecule has 0 unspecified atom stereocenters. The van der Waals surface area contributed by atoms with Gasteiger partial charge in [0.1, 0.15) is 42.2 Å². The van der Waals surface area contributed by atoms with Crippen molar-refractivity contribution in [2.45, 2.75) is 38.8 Å². The Hall–Kier alpha value is -4.54. The summed E-state index contributed by atoms with van der Waals surface area (Å²) in [6.07, 6.45) is -4.56. The Labute approximate surface area is 241 Å². The summed E-state index contributed by atoms with van der Waals surface area (Å²) in [4.78, 5) is 16.0. The maximum absolute atomic E-state index is 14.7. The van der Waals surface area contributed by atoms with Crippen LogP contribution in [0.4, 0.5) is 17.6 Å². The van der Waals surface area contributed by atoms with E-state index in [0.717, 1.165) is 22.8 Å². The van der Waals surface area contributed by atoms with Crippen molar-refractivity contribution >= 4 is 13.6 Å². The fourth-order valence-electron chi connectivity index (χ4n) is 3.97. The monoisotopic (exact) mass is 584 g/mol. The maximum atomic E-state index is 14.7. The van der Waals surface area contributed by atoms with Crippen molar-refractivity contribution in [1.82, 2.24) is 0 Å². The lowest BCUT2D eigenvalue weighted by Crippen LogP contribution is -2.11. The molecule has 6 nitrogen and oxygen atoms in total. The summed E-state index contributed by atoms with van der Waals surface area (Å²) >= 11 is 0. The number of carbonyl (C=O) groups excluding carboxylic acids is 2. The van der Waals surface area contributed by atoms with Crippen LogP contribution in [0.5, 0.6) is 23.0 Å². The molecule has 0 aromatic heterocycles. The van der Waals surface area contributed by atoms with Gasteiger partial charge < -0.3 is 30.5 Å². The molecule has 0 aliphatic carbocycles. The zero-order valence-electron chi connectivity index (χ0n) is 23.2. The van der Waals surface area contributed by atoms with Crippen molar-refractivity contribution in [3.05, 3.63) is 107 Å². The Kier molecular flexibility index (Phi) is 11.9. The highest BCUT2D eigenvalue weighted by molar-refractivity contribution is 5.65. The first-order valence-corrected chi connectivity index (χ1v) is 12.5. The van der Waals surface area contributed by atoms with E-state index in [0.29, 0.717) is 29.2 Å². The zero-order valence-corrected chi connectivity index (χ0v) is 23.2. The molecule has 42 heavy (non-hydrogen) atoms. The molecule has 0 bridgehead atoms. The molecule has 0 aliphatic rings. The number of hydrogen-bond acceptors (Lipinski definition) is 6. The average molecular weight is 585 g/mol. The van der Waals surface area contributed by atoms with Gasteiger partial charge in [0.2, 0.25) is 0 Å². The lowest BCUT2D eigenvalue weighted by Gasteiger charge is -2.20. The topological polar surface area (TPSA) is 105 Å². The third-order valence-electron chi connectivity index (χ3n) is 6.01. The van der Waals surface area contributed by atoms with Crippen LogP contribution in [0.2, 0.25) is 0 Å². The van der Waals surface area contributed by atoms with E-state index in [2.05, 4.69) is 0 Å². The summed E-state index contributed by atoms with van der Waals surface area (Å²) in [6, 6.07) is 22.7. The minimum Gasteiger partial charge on any atom is -0.457 e. The number of carbonyl (C=O) groups is 2. The Morgan fingerprint density at radius 1 is 0.595 bits per heavy atom. The Morgan fingerprint density at radius 3 is 1.29 bits per heavy atom. The van der Waals surface area contributed by atoms with Crippen LogP contribution in [0.25, 0.3) is 11.1 Å². The highest BCUT2D eigenvalue weighted by Crippen LogP contribution is 2.40. The van der Waals surface area contributed by atoms with E-state index in [-0.39, 0.29) is 18.0 Å². The van der Waals surface area contributed by atoms with Gasteiger partial charge in [0.15, 0.2) is 0 Å². The van der Waals surface area contributed by atoms with Crippen molar-refractivity contribution in [1.29, 1.82) is 0 Å². The second-order valence-electron chi connectivity index (χ2n) is 9.29. The fraction of sp³-hybridized carbons (Fsp3) is 0.188. The summed E-state index contributed by atoms with van der Waals surface area (Å²) in [7, 11) is 0. The third kappa shape index (κ3) is 8.73. The van der Waals surface area contributed by atoms with Crippen molar-refractivity contribution in [3.8, 4) is 34.1 Å². The Balaban J connectivity index is 0.00000148. The maximum Gasteiger partial charge on any atom is 0.419 e. The van der Waals surface area contributed by atoms with E-state index in [1.165, 1.54) is 26.0 Å². The number of halogens is 4. The van der Waals surface area contributed by atoms with Crippen molar-refractivity contribution in [2.75, 3.05) is 0 Å². The molecule has 4 N–H and O–H groups in total. The summed E-state index contributed by atoms with van der Waals surface area (Å²) in [5.74, 6) is 0.873. The predicted molar refractivity (Wildman–Crippen MR) is 154 cm³/mol. The molecular formula is C32H32F4N2O4. The average Bonchev–Trinajstić information content (AvgIpc) is 2.99. The van der Waals surface area contributed by atoms with Gasteiger partial charge in [0.05, 0.1) is 5.56 Å². The molecule has 0 amide bonds. The van der Waals surface area contributed by atoms with Crippen LogP contribution < -0.4 is 20.9 Å². The SMILES string of the molecule is C=O.C=O.CC(C)(F)c1ccc(CN)cc1Oc1ccc(-c2ccc(Oc3cc(CN)ccc3C(F)(F)F)cc2)cc1. The molecule has 4 aromatic carbocycles. The van der Waals surface area contributed by atoms with Crippen LogP contribution in [-0.2, 0) is 34.5 Å². The van der Waals surface area contributed by atoms with E-state index in [4.69, 9.17) is 30.5 Å². The lowest BCUT2D eigenvalue weighted by molar-refractivity contribution is -0.138. The van der Waals surface area contributed by atoms with Gasteiger partial charge in [-0.2, -0.15) is 13.2 Å². The van der Waals surface area contributed by atoms with Gasteiger partial charge in [-0.25, -0.2) is 4.39 Å². The molecule has 0 heterocycles. The number of ether oxygens (including phenoxy) is 2. The molecule has 4 rings (SSSR count). The highest BCUT2D eigenvalue weighted by Gasteiger charge is 2.34. The van der Waals surface area contributed by atoms with Crippen molar-refractivity contribution in [3.63, 3.8) is 0 Å². The summed E-state index contributed by atoms with van der Waals surface area (Å²) in [5, 5.41) is 0. The number of benzene rings is 4. The standard InChI is InChI=1S/C30H28F4N2O2.2CH2O/c1-29(2,31)25-13-3-19(17-35)15-27(25)37-23-9-5-21(6-10-23)22-7-11-24(12-8-22)38-28-16-20(18-36)4-14-26(28)30(32,33)34;2*1-2/h3-16H,17-18,35-36H2,1-2H3;2*1H2. The van der Waals surface area contributed by atoms with Crippen LogP contribution in [-0.4, -0.2) is 13.6 Å². The van der Waals surface area contributed by atoms with Gasteiger partial charge >= 0.3 is 6.18 Å². The molecule has 0 radical (unpaired) electrons. The van der Waals surface area contributed by atoms with Crippen LogP contribution in [0.1, 0.15) is 36.1 Å². The molecule has 0 saturated carbocycles. The fourth-order valence-corrected chi connectivity index (χ4v) is 3.97. The normalized spacial score (nSPS) is 11.0. The molecule has 4 aromatic rings. The summed E-state index contributed by atoms with van der Waals surface area (Å²) in [6.45, 7) is 7.33. The van der Waals surface area contributed by atoms with Gasteiger partial charge in [-0.3, -0.25) is 0 Å². The quantitative estimate of drug-likeness (QED) is 0.206. The molecule has 0 saturated heterocycles. The first kappa shape index (κ1) is 33.7. The number of nitrogens with two attached hydrogens (primary N) is 2. The molecule has 222 valence electrons. The first-order chi connectivity index (χ1) is 20.0. The molecular weight excluding hydrogens is 552 g/mol. The zero-order chi connectivity index (χ0) is 31.5. The highest BCUT2D eigenvalue weighted by atomic mass is 19.4. The Bertz CT molecular complexity index is 1320. The van der Waals surface area contributed by atoms with E-state index in [1.54, 1.807) is 54.6 Å². The van der Waals surface area contributed by atoms with Gasteiger partial charge in [0, 0.05) is 18.7 Å². The van der Waals surface area contributed by atoms with E-state index in [9.17, 15) is 17.6 Å². The van der Waals surface area contributed by atoms with Crippen molar-refractivity contribution < 1.29 is 36.6 Å². The molecule has 0 atom stereocenters. The number of alkyl halides is 4. The number of hydrogen-bond donors (Lipinski definition) is 2. The Morgan fingerprint density at radius 2 is 0.952 bits per heavy atom. The van der Waals surface area contributed by atoms with Gasteiger partial charge in [-0.15, -0.1) is 0 Å². The van der Waals surface area contributed by atoms with E-state index < -0.39 is 17.4 Å². The van der Waals surface area contributed by atoms with Crippen LogP contribution in [0.15, 0.2) is 84.9 Å². The summed E-state index contributed by atoms with van der Waals surface area (Å²) in [5.41, 5.74) is 12.3. The minimum atomic E-state index is -4.56. The second-order valence-corrected chi connectivity index (χ2v) is 9.29. The smallest absolute Gasteiger partial charge is 0.419 e. The molecule has 0 spiro atoms. The van der Waals surface area contributed by atoms with Crippen LogP contribution >= 0.6 is 0 Å². The molecule has 10 heteroatoms. The lowest BCUT2D eigenvalue weighted by atomic mass is 9.97. The largest absolute Gasteiger partial charge is 0.457 e. The van der Waals surface area contributed by atoms with Crippen LogP contribution in [0, 0.1) is 0 Å². The van der Waals surface area contributed by atoms with E-state index in [1.807, 2.05) is 25.7 Å². The third-order valence-corrected chi connectivity index (χ3v) is 6.01.